The minimum atomic E-state index is 0.163. The molecular weight excluding hydrogens is 330 g/mol. The number of morpholine rings is 1. The van der Waals surface area contributed by atoms with Crippen LogP contribution in [0.5, 0.6) is 0 Å². The molecule has 0 unspecified atom stereocenters. The van der Waals surface area contributed by atoms with Crippen molar-refractivity contribution in [2.24, 2.45) is 5.92 Å². The zero-order valence-corrected chi connectivity index (χ0v) is 15.4. The van der Waals surface area contributed by atoms with Crippen LogP contribution in [0.4, 0.5) is 11.4 Å². The molecule has 1 amide bonds. The van der Waals surface area contributed by atoms with Gasteiger partial charge in [0.1, 0.15) is 0 Å². The molecule has 6 nitrogen and oxygen atoms in total. The van der Waals surface area contributed by atoms with Gasteiger partial charge in [0, 0.05) is 58.4 Å². The van der Waals surface area contributed by atoms with Crippen molar-refractivity contribution < 1.29 is 14.3 Å². The largest absolute Gasteiger partial charge is 0.381 e. The molecule has 0 bridgehead atoms. The summed E-state index contributed by atoms with van der Waals surface area (Å²) in [5.74, 6) is 0.491. The number of ether oxygens (including phenoxy) is 2. The molecule has 1 aromatic carbocycles. The number of carbonyl (C=O) groups excluding carboxylic acids is 1. The average molecular weight is 359 g/mol. The summed E-state index contributed by atoms with van der Waals surface area (Å²) in [5, 5.41) is 0. The summed E-state index contributed by atoms with van der Waals surface area (Å²) in [5.41, 5.74) is 2.58. The van der Waals surface area contributed by atoms with Crippen LogP contribution in [0.15, 0.2) is 24.3 Å². The first-order valence-corrected chi connectivity index (χ1v) is 9.86. The van der Waals surface area contributed by atoms with Gasteiger partial charge in [-0.3, -0.25) is 4.79 Å². The third-order valence-corrected chi connectivity index (χ3v) is 5.74. The van der Waals surface area contributed by atoms with E-state index in [-0.39, 0.29) is 5.92 Å². The molecule has 6 heteroatoms. The number of piperazine rings is 1. The van der Waals surface area contributed by atoms with E-state index in [0.717, 1.165) is 78.5 Å². The lowest BCUT2D eigenvalue weighted by molar-refractivity contribution is -0.138. The molecule has 0 aliphatic carbocycles. The number of nitrogens with zero attached hydrogens (tertiary/aromatic N) is 3. The van der Waals surface area contributed by atoms with E-state index < -0.39 is 0 Å². The number of carbonyl (C=O) groups is 1. The fourth-order valence-electron chi connectivity index (χ4n) is 4.17. The average Bonchev–Trinajstić information content (AvgIpc) is 2.75. The second kappa shape index (κ2) is 8.27. The first kappa shape index (κ1) is 17.6. The van der Waals surface area contributed by atoms with Crippen LogP contribution in [0.2, 0.25) is 0 Å². The highest BCUT2D eigenvalue weighted by molar-refractivity contribution is 5.79. The maximum absolute atomic E-state index is 12.7. The van der Waals surface area contributed by atoms with Gasteiger partial charge >= 0.3 is 0 Å². The normalized spacial score (nSPS) is 22.5. The molecule has 0 radical (unpaired) electrons. The Balaban J connectivity index is 1.39. The van der Waals surface area contributed by atoms with Gasteiger partial charge in [-0.05, 0) is 25.0 Å². The summed E-state index contributed by atoms with van der Waals surface area (Å²) >= 11 is 0. The standard InChI is InChI=1S/C20H29N3O3/c24-20(17-5-13-25-14-6-17)23-9-7-21(8-10-23)18-3-1-2-4-19(18)22-11-15-26-16-12-22/h1-4,17H,5-16H2. The maximum Gasteiger partial charge on any atom is 0.225 e. The van der Waals surface area contributed by atoms with Gasteiger partial charge in [-0.2, -0.15) is 0 Å². The molecule has 0 saturated carbocycles. The highest BCUT2D eigenvalue weighted by Crippen LogP contribution is 2.31. The Hall–Kier alpha value is -1.79. The van der Waals surface area contributed by atoms with Crippen molar-refractivity contribution in [2.75, 3.05) is 75.5 Å². The smallest absolute Gasteiger partial charge is 0.225 e. The number of hydrogen-bond acceptors (Lipinski definition) is 5. The molecule has 3 fully saturated rings. The Bertz CT molecular complexity index is 604. The number of hydrogen-bond donors (Lipinski definition) is 0. The van der Waals surface area contributed by atoms with Crippen LogP contribution in [0, 0.1) is 5.92 Å². The van der Waals surface area contributed by atoms with Crippen molar-refractivity contribution in [1.29, 1.82) is 0 Å². The Morgan fingerprint density at radius 3 is 1.92 bits per heavy atom. The van der Waals surface area contributed by atoms with Gasteiger partial charge in [0.15, 0.2) is 0 Å². The van der Waals surface area contributed by atoms with Crippen molar-refractivity contribution in [3.63, 3.8) is 0 Å². The molecule has 4 rings (SSSR count). The Labute approximate surface area is 155 Å². The van der Waals surface area contributed by atoms with Crippen molar-refractivity contribution in [1.82, 2.24) is 4.90 Å². The second-order valence-corrected chi connectivity index (χ2v) is 7.29. The molecule has 3 heterocycles. The van der Waals surface area contributed by atoms with Crippen LogP contribution < -0.4 is 9.80 Å². The molecule has 3 aliphatic rings. The van der Waals surface area contributed by atoms with E-state index in [2.05, 4.69) is 39.0 Å². The first-order chi connectivity index (χ1) is 12.8. The van der Waals surface area contributed by atoms with E-state index in [4.69, 9.17) is 9.47 Å². The summed E-state index contributed by atoms with van der Waals surface area (Å²) in [7, 11) is 0. The minimum absolute atomic E-state index is 0.163. The van der Waals surface area contributed by atoms with Gasteiger partial charge in [0.2, 0.25) is 5.91 Å². The molecule has 26 heavy (non-hydrogen) atoms. The van der Waals surface area contributed by atoms with Crippen LogP contribution in [0.3, 0.4) is 0 Å². The molecule has 3 aliphatic heterocycles. The van der Waals surface area contributed by atoms with Crippen LogP contribution in [-0.4, -0.2) is 76.5 Å². The Morgan fingerprint density at radius 1 is 0.769 bits per heavy atom. The molecule has 3 saturated heterocycles. The van der Waals surface area contributed by atoms with E-state index in [0.29, 0.717) is 5.91 Å². The van der Waals surface area contributed by atoms with E-state index >= 15 is 0 Å². The van der Waals surface area contributed by atoms with Crippen molar-refractivity contribution in [3.05, 3.63) is 24.3 Å². The number of anilines is 2. The van der Waals surface area contributed by atoms with Crippen molar-refractivity contribution in [2.45, 2.75) is 12.8 Å². The zero-order chi connectivity index (χ0) is 17.8. The number of para-hydroxylation sites is 2. The highest BCUT2D eigenvalue weighted by Gasteiger charge is 2.29. The molecule has 0 atom stereocenters. The van der Waals surface area contributed by atoms with Gasteiger partial charge in [0.05, 0.1) is 24.6 Å². The topological polar surface area (TPSA) is 45.2 Å². The van der Waals surface area contributed by atoms with Crippen LogP contribution >= 0.6 is 0 Å². The van der Waals surface area contributed by atoms with Gasteiger partial charge in [-0.15, -0.1) is 0 Å². The van der Waals surface area contributed by atoms with Crippen molar-refractivity contribution >= 4 is 17.3 Å². The molecule has 1 aromatic rings. The maximum atomic E-state index is 12.7. The number of rotatable bonds is 3. The zero-order valence-electron chi connectivity index (χ0n) is 15.4. The third kappa shape index (κ3) is 3.81. The van der Waals surface area contributed by atoms with Gasteiger partial charge < -0.3 is 24.2 Å². The summed E-state index contributed by atoms with van der Waals surface area (Å²) in [6, 6.07) is 8.64. The lowest BCUT2D eigenvalue weighted by Gasteiger charge is -2.40. The Morgan fingerprint density at radius 2 is 1.31 bits per heavy atom. The van der Waals surface area contributed by atoms with Crippen LogP contribution in [0.1, 0.15) is 12.8 Å². The van der Waals surface area contributed by atoms with Gasteiger partial charge in [-0.25, -0.2) is 0 Å². The van der Waals surface area contributed by atoms with E-state index in [1.54, 1.807) is 0 Å². The molecule has 0 N–H and O–H groups in total. The predicted molar refractivity (Wildman–Crippen MR) is 102 cm³/mol. The quantitative estimate of drug-likeness (QED) is 0.820. The van der Waals surface area contributed by atoms with Gasteiger partial charge in [-0.1, -0.05) is 12.1 Å². The third-order valence-electron chi connectivity index (χ3n) is 5.74. The number of benzene rings is 1. The first-order valence-electron chi connectivity index (χ1n) is 9.86. The highest BCUT2D eigenvalue weighted by atomic mass is 16.5. The number of amides is 1. The molecule has 0 spiro atoms. The van der Waals surface area contributed by atoms with E-state index in [1.807, 2.05) is 0 Å². The molecular formula is C20H29N3O3. The van der Waals surface area contributed by atoms with Crippen LogP contribution in [-0.2, 0) is 14.3 Å². The monoisotopic (exact) mass is 359 g/mol. The summed E-state index contributed by atoms with van der Waals surface area (Å²) in [6.45, 7) is 8.35. The SMILES string of the molecule is O=C(C1CCOCC1)N1CCN(c2ccccc2N2CCOCC2)CC1. The lowest BCUT2D eigenvalue weighted by Crippen LogP contribution is -2.51. The molecule has 142 valence electrons. The fourth-order valence-corrected chi connectivity index (χ4v) is 4.17. The predicted octanol–water partition coefficient (Wildman–Crippen LogP) is 1.60. The van der Waals surface area contributed by atoms with Crippen LogP contribution in [0.25, 0.3) is 0 Å². The van der Waals surface area contributed by atoms with Crippen molar-refractivity contribution in [3.8, 4) is 0 Å². The van der Waals surface area contributed by atoms with E-state index in [9.17, 15) is 4.79 Å². The summed E-state index contributed by atoms with van der Waals surface area (Å²) in [6.07, 6.45) is 1.75. The van der Waals surface area contributed by atoms with E-state index in [1.165, 1.54) is 11.4 Å². The minimum Gasteiger partial charge on any atom is -0.381 e. The lowest BCUT2D eigenvalue weighted by atomic mass is 9.98. The fraction of sp³-hybridized carbons (Fsp3) is 0.650. The Kier molecular flexibility index (Phi) is 5.60. The second-order valence-electron chi connectivity index (χ2n) is 7.29. The summed E-state index contributed by atoms with van der Waals surface area (Å²) < 4.78 is 10.9. The molecule has 0 aromatic heterocycles. The van der Waals surface area contributed by atoms with Gasteiger partial charge in [0.25, 0.3) is 0 Å². The summed E-state index contributed by atoms with van der Waals surface area (Å²) in [4.78, 5) is 19.6.